The number of carbonyl (C=O) groups is 1. The highest BCUT2D eigenvalue weighted by Crippen LogP contribution is 2.30. The predicted octanol–water partition coefficient (Wildman–Crippen LogP) is 5.56. The Balaban J connectivity index is 1.02. The standard InChI is InChI=1S/C33H40N6O2/c1-39(2)32-27-10-6-7-11-30(27)37-33(38-32)36-25-14-12-24(13-15-25)35-31(40)18-23-20-34-29-17-16-26(19-28(23)29)41-21-22-8-4-3-5-9-22/h3-5,8-9,16-17,19-20,24-25,34H,6-7,10-15,18,21H2,1-2H3,(H,35,40)(H,36,37,38). The molecule has 1 amide bonds. The lowest BCUT2D eigenvalue weighted by Crippen LogP contribution is -2.41. The zero-order chi connectivity index (χ0) is 28.2. The third-order valence-electron chi connectivity index (χ3n) is 8.35. The van der Waals surface area contributed by atoms with E-state index in [0.717, 1.165) is 78.1 Å². The quantitative estimate of drug-likeness (QED) is 0.252. The summed E-state index contributed by atoms with van der Waals surface area (Å²) in [6.07, 6.45) is 10.6. The highest BCUT2D eigenvalue weighted by Gasteiger charge is 2.25. The summed E-state index contributed by atoms with van der Waals surface area (Å²) >= 11 is 0. The van der Waals surface area contributed by atoms with Crippen LogP contribution in [0.4, 0.5) is 11.8 Å². The molecule has 2 aliphatic rings. The number of nitrogens with one attached hydrogen (secondary N) is 3. The number of aromatic amines is 1. The smallest absolute Gasteiger partial charge is 0.225 e. The Labute approximate surface area is 241 Å². The van der Waals surface area contributed by atoms with Gasteiger partial charge in [-0.25, -0.2) is 4.98 Å². The molecule has 0 unspecified atom stereocenters. The summed E-state index contributed by atoms with van der Waals surface area (Å²) in [6.45, 7) is 0.513. The molecule has 1 fully saturated rings. The number of amides is 1. The topological polar surface area (TPSA) is 95.2 Å². The summed E-state index contributed by atoms with van der Waals surface area (Å²) in [7, 11) is 4.12. The molecule has 0 radical (unpaired) electrons. The zero-order valence-corrected chi connectivity index (χ0v) is 24.1. The number of carbonyl (C=O) groups excluding carboxylic acids is 1. The number of aryl methyl sites for hydroxylation is 1. The molecule has 41 heavy (non-hydrogen) atoms. The molecule has 0 spiro atoms. The first-order valence-electron chi connectivity index (χ1n) is 14.9. The monoisotopic (exact) mass is 552 g/mol. The molecule has 8 nitrogen and oxygen atoms in total. The van der Waals surface area contributed by atoms with E-state index in [9.17, 15) is 4.79 Å². The maximum atomic E-state index is 13.0. The molecule has 2 aromatic heterocycles. The normalized spacial score (nSPS) is 18.5. The molecule has 2 aromatic carbocycles. The van der Waals surface area contributed by atoms with Crippen LogP contribution in [0.2, 0.25) is 0 Å². The minimum Gasteiger partial charge on any atom is -0.489 e. The summed E-state index contributed by atoms with van der Waals surface area (Å²) in [5.41, 5.74) is 5.63. The van der Waals surface area contributed by atoms with Gasteiger partial charge in [0.05, 0.1) is 12.1 Å². The number of hydrogen-bond donors (Lipinski definition) is 3. The summed E-state index contributed by atoms with van der Waals surface area (Å²) < 4.78 is 6.02. The van der Waals surface area contributed by atoms with Gasteiger partial charge in [0.2, 0.25) is 11.9 Å². The number of H-pyrrole nitrogens is 1. The van der Waals surface area contributed by atoms with E-state index in [1.807, 2.05) is 42.6 Å². The molecule has 0 aliphatic heterocycles. The molecular formula is C33H40N6O2. The van der Waals surface area contributed by atoms with Crippen LogP contribution in [-0.2, 0) is 30.7 Å². The molecule has 6 rings (SSSR count). The average molecular weight is 553 g/mol. The van der Waals surface area contributed by atoms with Gasteiger partial charge in [-0.2, -0.15) is 4.98 Å². The summed E-state index contributed by atoms with van der Waals surface area (Å²) in [5, 5.41) is 7.92. The third kappa shape index (κ3) is 6.47. The Bertz CT molecular complexity index is 1490. The van der Waals surface area contributed by atoms with Gasteiger partial charge in [-0.15, -0.1) is 0 Å². The lowest BCUT2D eigenvalue weighted by Gasteiger charge is -2.30. The second kappa shape index (κ2) is 12.2. The van der Waals surface area contributed by atoms with Gasteiger partial charge >= 0.3 is 0 Å². The van der Waals surface area contributed by atoms with E-state index >= 15 is 0 Å². The minimum absolute atomic E-state index is 0.0616. The van der Waals surface area contributed by atoms with E-state index in [1.165, 1.54) is 24.1 Å². The second-order valence-electron chi connectivity index (χ2n) is 11.6. The van der Waals surface area contributed by atoms with Crippen molar-refractivity contribution < 1.29 is 9.53 Å². The molecule has 1 saturated carbocycles. The average Bonchev–Trinajstić information content (AvgIpc) is 3.38. The van der Waals surface area contributed by atoms with Crippen molar-refractivity contribution in [3.63, 3.8) is 0 Å². The first kappa shape index (κ1) is 27.1. The molecule has 8 heteroatoms. The lowest BCUT2D eigenvalue weighted by molar-refractivity contribution is -0.121. The highest BCUT2D eigenvalue weighted by atomic mass is 16.5. The molecule has 214 valence electrons. The number of benzene rings is 2. The molecule has 4 aromatic rings. The van der Waals surface area contributed by atoms with Crippen molar-refractivity contribution >= 4 is 28.6 Å². The van der Waals surface area contributed by atoms with E-state index in [2.05, 4.69) is 46.7 Å². The number of nitrogens with zero attached hydrogens (tertiary/aromatic N) is 3. The predicted molar refractivity (Wildman–Crippen MR) is 164 cm³/mol. The number of fused-ring (bicyclic) bond motifs is 2. The molecule has 0 bridgehead atoms. The molecular weight excluding hydrogens is 512 g/mol. The van der Waals surface area contributed by atoms with Gasteiger partial charge in [-0.1, -0.05) is 30.3 Å². The maximum Gasteiger partial charge on any atom is 0.225 e. The van der Waals surface area contributed by atoms with Crippen LogP contribution < -0.4 is 20.3 Å². The Kier molecular flexibility index (Phi) is 8.07. The fraction of sp³-hybridized carbons (Fsp3) is 0.424. The van der Waals surface area contributed by atoms with Crippen molar-refractivity contribution in [2.75, 3.05) is 24.3 Å². The number of anilines is 2. The Morgan fingerprint density at radius 1 is 1.00 bits per heavy atom. The van der Waals surface area contributed by atoms with E-state index in [-0.39, 0.29) is 11.9 Å². The van der Waals surface area contributed by atoms with Crippen LogP contribution in [0.15, 0.2) is 54.7 Å². The van der Waals surface area contributed by atoms with Gasteiger partial charge < -0.3 is 25.3 Å². The first-order chi connectivity index (χ1) is 20.0. The van der Waals surface area contributed by atoms with E-state index in [0.29, 0.717) is 19.1 Å². The van der Waals surface area contributed by atoms with Crippen LogP contribution in [0.1, 0.15) is 60.9 Å². The Hall–Kier alpha value is -4.07. The summed E-state index contributed by atoms with van der Waals surface area (Å²) in [6, 6.07) is 16.7. The van der Waals surface area contributed by atoms with E-state index in [1.54, 1.807) is 0 Å². The van der Waals surface area contributed by atoms with Gasteiger partial charge in [0.15, 0.2) is 0 Å². The van der Waals surface area contributed by atoms with Crippen LogP contribution >= 0.6 is 0 Å². The molecule has 0 saturated heterocycles. The molecule has 3 N–H and O–H groups in total. The van der Waals surface area contributed by atoms with Crippen LogP contribution in [0.5, 0.6) is 5.75 Å². The second-order valence-corrected chi connectivity index (χ2v) is 11.6. The molecule has 2 aliphatic carbocycles. The largest absolute Gasteiger partial charge is 0.489 e. The van der Waals surface area contributed by atoms with Crippen LogP contribution in [0, 0.1) is 0 Å². The first-order valence-corrected chi connectivity index (χ1v) is 14.9. The van der Waals surface area contributed by atoms with Crippen molar-refractivity contribution in [3.05, 3.63) is 77.1 Å². The van der Waals surface area contributed by atoms with Crippen molar-refractivity contribution in [2.45, 2.75) is 76.5 Å². The van der Waals surface area contributed by atoms with Gasteiger partial charge in [0.25, 0.3) is 0 Å². The lowest BCUT2D eigenvalue weighted by atomic mass is 9.91. The molecule has 2 heterocycles. The minimum atomic E-state index is 0.0616. The third-order valence-corrected chi connectivity index (χ3v) is 8.35. The highest BCUT2D eigenvalue weighted by molar-refractivity contribution is 5.89. The Morgan fingerprint density at radius 3 is 2.59 bits per heavy atom. The fourth-order valence-corrected chi connectivity index (χ4v) is 6.16. The van der Waals surface area contributed by atoms with Crippen molar-refractivity contribution in [1.29, 1.82) is 0 Å². The van der Waals surface area contributed by atoms with Crippen molar-refractivity contribution in [1.82, 2.24) is 20.3 Å². The number of rotatable bonds is 9. The number of ether oxygens (including phenoxy) is 1. The van der Waals surface area contributed by atoms with Crippen LogP contribution in [0.3, 0.4) is 0 Å². The number of aromatic nitrogens is 3. The van der Waals surface area contributed by atoms with E-state index < -0.39 is 0 Å². The summed E-state index contributed by atoms with van der Waals surface area (Å²) in [4.78, 5) is 28.2. The van der Waals surface area contributed by atoms with Gasteiger partial charge in [-0.3, -0.25) is 4.79 Å². The van der Waals surface area contributed by atoms with Crippen molar-refractivity contribution in [2.24, 2.45) is 0 Å². The van der Waals surface area contributed by atoms with Gasteiger partial charge in [-0.05, 0) is 80.7 Å². The molecule has 0 atom stereocenters. The Morgan fingerprint density at radius 2 is 1.78 bits per heavy atom. The number of hydrogen-bond acceptors (Lipinski definition) is 6. The SMILES string of the molecule is CN(C)c1nc(NC2CCC(NC(=O)Cc3c[nH]c4ccc(OCc5ccccc5)cc34)CC2)nc2c1CCCC2. The maximum absolute atomic E-state index is 13.0. The van der Waals surface area contributed by atoms with Gasteiger partial charge in [0.1, 0.15) is 18.2 Å². The van der Waals surface area contributed by atoms with Gasteiger partial charge in [0, 0.05) is 48.8 Å². The fourth-order valence-electron chi connectivity index (χ4n) is 6.16. The van der Waals surface area contributed by atoms with Crippen molar-refractivity contribution in [3.8, 4) is 5.75 Å². The van der Waals surface area contributed by atoms with Crippen LogP contribution in [-0.4, -0.2) is 47.0 Å². The summed E-state index contributed by atoms with van der Waals surface area (Å²) in [5.74, 6) is 2.65. The zero-order valence-electron chi connectivity index (χ0n) is 24.1. The van der Waals surface area contributed by atoms with E-state index in [4.69, 9.17) is 14.7 Å². The van der Waals surface area contributed by atoms with Crippen LogP contribution in [0.25, 0.3) is 10.9 Å².